The second kappa shape index (κ2) is 12.1. The van der Waals surface area contributed by atoms with Crippen LogP contribution in [0.3, 0.4) is 0 Å². The Kier molecular flexibility index (Phi) is 9.17. The molecule has 0 fully saturated rings. The highest BCUT2D eigenvalue weighted by Gasteiger charge is 2.24. The molecular formula is C27H31N3O4S2. The van der Waals surface area contributed by atoms with E-state index in [2.05, 4.69) is 10.6 Å². The van der Waals surface area contributed by atoms with Crippen LogP contribution in [0.4, 0.5) is 11.4 Å². The Hall–Kier alpha value is -3.30. The van der Waals surface area contributed by atoms with E-state index in [-0.39, 0.29) is 17.3 Å². The number of para-hydroxylation sites is 1. The molecule has 2 amide bonds. The fourth-order valence-corrected chi connectivity index (χ4v) is 5.40. The minimum atomic E-state index is -3.76. The number of sulfonamides is 1. The summed E-state index contributed by atoms with van der Waals surface area (Å²) in [4.78, 5) is 26.7. The molecule has 9 heteroatoms. The van der Waals surface area contributed by atoms with Gasteiger partial charge in [0.25, 0.3) is 21.8 Å². The second-order valence-corrected chi connectivity index (χ2v) is 11.2. The van der Waals surface area contributed by atoms with Gasteiger partial charge in [-0.05, 0) is 79.8 Å². The van der Waals surface area contributed by atoms with E-state index in [4.69, 9.17) is 0 Å². The SMILES string of the molecule is CCN(c1ccc(C(=O)Nc2ccccc2C(=O)NCC(C)C)cc1)S(=O)(=O)c1ccc(SC)cc1. The summed E-state index contributed by atoms with van der Waals surface area (Å²) in [6.45, 7) is 6.53. The minimum absolute atomic E-state index is 0.205. The number of carbonyl (C=O) groups excluding carboxylic acids is 2. The van der Waals surface area contributed by atoms with Crippen molar-refractivity contribution in [3.8, 4) is 0 Å². The molecule has 0 unspecified atom stereocenters. The summed E-state index contributed by atoms with van der Waals surface area (Å²) in [6.07, 6.45) is 1.93. The first-order valence-corrected chi connectivity index (χ1v) is 14.3. The lowest BCUT2D eigenvalue weighted by Gasteiger charge is -2.23. The van der Waals surface area contributed by atoms with Crippen molar-refractivity contribution >= 4 is 45.0 Å². The molecule has 0 bridgehead atoms. The van der Waals surface area contributed by atoms with Gasteiger partial charge >= 0.3 is 0 Å². The second-order valence-electron chi connectivity index (χ2n) is 8.50. The maximum Gasteiger partial charge on any atom is 0.264 e. The zero-order chi connectivity index (χ0) is 26.3. The molecule has 3 rings (SSSR count). The lowest BCUT2D eigenvalue weighted by atomic mass is 10.1. The van der Waals surface area contributed by atoms with Crippen molar-refractivity contribution in [1.82, 2.24) is 5.32 Å². The van der Waals surface area contributed by atoms with E-state index in [1.807, 2.05) is 20.1 Å². The fourth-order valence-electron chi connectivity index (χ4n) is 3.52. The molecule has 3 aromatic rings. The van der Waals surface area contributed by atoms with Crippen LogP contribution in [0.5, 0.6) is 0 Å². The molecular weight excluding hydrogens is 494 g/mol. The molecule has 0 aliphatic carbocycles. The normalized spacial score (nSPS) is 11.2. The van der Waals surface area contributed by atoms with Gasteiger partial charge in [0.15, 0.2) is 0 Å². The number of nitrogens with one attached hydrogen (secondary N) is 2. The molecule has 0 atom stereocenters. The number of nitrogens with zero attached hydrogens (tertiary/aromatic N) is 1. The lowest BCUT2D eigenvalue weighted by Crippen LogP contribution is -2.30. The summed E-state index contributed by atoms with van der Waals surface area (Å²) in [6, 6.07) is 19.9. The first-order valence-electron chi connectivity index (χ1n) is 11.6. The molecule has 0 aromatic heterocycles. The molecule has 0 aliphatic heterocycles. The van der Waals surface area contributed by atoms with E-state index in [0.717, 1.165) is 4.90 Å². The third-order valence-electron chi connectivity index (χ3n) is 5.44. The van der Waals surface area contributed by atoms with Crippen molar-refractivity contribution < 1.29 is 18.0 Å². The maximum atomic E-state index is 13.2. The average Bonchev–Trinajstić information content (AvgIpc) is 2.88. The van der Waals surface area contributed by atoms with Gasteiger partial charge in [-0.2, -0.15) is 0 Å². The summed E-state index contributed by atoms with van der Waals surface area (Å²) in [5.41, 5.74) is 1.57. The van der Waals surface area contributed by atoms with E-state index < -0.39 is 15.9 Å². The van der Waals surface area contributed by atoms with Gasteiger partial charge in [-0.15, -0.1) is 11.8 Å². The number of hydrogen-bond acceptors (Lipinski definition) is 5. The van der Waals surface area contributed by atoms with Gasteiger partial charge in [-0.3, -0.25) is 13.9 Å². The highest BCUT2D eigenvalue weighted by Crippen LogP contribution is 2.26. The smallest absolute Gasteiger partial charge is 0.264 e. The van der Waals surface area contributed by atoms with Crippen molar-refractivity contribution in [3.63, 3.8) is 0 Å². The predicted molar refractivity (Wildman–Crippen MR) is 146 cm³/mol. The van der Waals surface area contributed by atoms with E-state index in [9.17, 15) is 18.0 Å². The van der Waals surface area contributed by atoms with Crippen LogP contribution in [-0.4, -0.2) is 39.6 Å². The van der Waals surface area contributed by atoms with Crippen LogP contribution in [0, 0.1) is 5.92 Å². The standard InChI is InChI=1S/C27H31N3O4S2/c1-5-30(36(33,34)23-16-14-22(35-4)15-17-23)21-12-10-20(11-13-21)26(31)29-25-9-7-6-8-24(25)27(32)28-18-19(2)3/h6-17,19H,5,18H2,1-4H3,(H,28,32)(H,29,31). The molecule has 3 aromatic carbocycles. The number of carbonyl (C=O) groups is 2. The Labute approximate surface area is 217 Å². The van der Waals surface area contributed by atoms with Gasteiger partial charge in [0, 0.05) is 23.5 Å². The third-order valence-corrected chi connectivity index (χ3v) is 8.10. The fraction of sp³-hybridized carbons (Fsp3) is 0.259. The van der Waals surface area contributed by atoms with E-state index >= 15 is 0 Å². The van der Waals surface area contributed by atoms with Crippen LogP contribution in [0.2, 0.25) is 0 Å². The van der Waals surface area contributed by atoms with E-state index in [1.165, 1.54) is 4.31 Å². The highest BCUT2D eigenvalue weighted by molar-refractivity contribution is 7.98. The van der Waals surface area contributed by atoms with Gasteiger partial charge in [0.05, 0.1) is 21.8 Å². The molecule has 7 nitrogen and oxygen atoms in total. The van der Waals surface area contributed by atoms with Crippen LogP contribution in [0.25, 0.3) is 0 Å². The molecule has 190 valence electrons. The topological polar surface area (TPSA) is 95.6 Å². The molecule has 0 saturated carbocycles. The molecule has 0 heterocycles. The lowest BCUT2D eigenvalue weighted by molar-refractivity contribution is 0.0950. The van der Waals surface area contributed by atoms with Gasteiger partial charge in [0.2, 0.25) is 0 Å². The number of thioether (sulfide) groups is 1. The predicted octanol–water partition coefficient (Wildman–Crippen LogP) is 5.26. The Bertz CT molecular complexity index is 1310. The van der Waals surface area contributed by atoms with Gasteiger partial charge in [-0.25, -0.2) is 8.42 Å². The van der Waals surface area contributed by atoms with Gasteiger partial charge < -0.3 is 10.6 Å². The number of anilines is 2. The first kappa shape index (κ1) is 27.3. The first-order chi connectivity index (χ1) is 17.2. The largest absolute Gasteiger partial charge is 0.352 e. The van der Waals surface area contributed by atoms with Crippen molar-refractivity contribution in [3.05, 3.63) is 83.9 Å². The van der Waals surface area contributed by atoms with Crippen LogP contribution >= 0.6 is 11.8 Å². The van der Waals surface area contributed by atoms with Crippen LogP contribution in [-0.2, 0) is 10.0 Å². The van der Waals surface area contributed by atoms with E-state index in [1.54, 1.807) is 91.5 Å². The number of hydrogen-bond donors (Lipinski definition) is 2. The van der Waals surface area contributed by atoms with Crippen molar-refractivity contribution in [2.45, 2.75) is 30.6 Å². The zero-order valence-corrected chi connectivity index (χ0v) is 22.4. The molecule has 0 aliphatic rings. The number of amides is 2. The molecule has 2 N–H and O–H groups in total. The number of benzene rings is 3. The Morgan fingerprint density at radius 1 is 0.917 bits per heavy atom. The van der Waals surface area contributed by atoms with Crippen molar-refractivity contribution in [2.75, 3.05) is 29.0 Å². The maximum absolute atomic E-state index is 13.2. The molecule has 0 saturated heterocycles. The quantitative estimate of drug-likeness (QED) is 0.352. The third kappa shape index (κ3) is 6.47. The Morgan fingerprint density at radius 2 is 1.56 bits per heavy atom. The summed E-state index contributed by atoms with van der Waals surface area (Å²) in [7, 11) is -3.76. The minimum Gasteiger partial charge on any atom is -0.352 e. The Morgan fingerprint density at radius 3 is 2.14 bits per heavy atom. The average molecular weight is 526 g/mol. The summed E-state index contributed by atoms with van der Waals surface area (Å²) in [5.74, 6) is -0.357. The molecule has 0 radical (unpaired) electrons. The van der Waals surface area contributed by atoms with E-state index in [0.29, 0.717) is 35.0 Å². The van der Waals surface area contributed by atoms with Crippen molar-refractivity contribution in [1.29, 1.82) is 0 Å². The molecule has 36 heavy (non-hydrogen) atoms. The van der Waals surface area contributed by atoms with Gasteiger partial charge in [0.1, 0.15) is 0 Å². The monoisotopic (exact) mass is 525 g/mol. The summed E-state index contributed by atoms with van der Waals surface area (Å²) < 4.78 is 27.7. The zero-order valence-electron chi connectivity index (χ0n) is 20.8. The van der Waals surface area contributed by atoms with Crippen LogP contribution in [0.1, 0.15) is 41.5 Å². The molecule has 0 spiro atoms. The number of rotatable bonds is 10. The summed E-state index contributed by atoms with van der Waals surface area (Å²) >= 11 is 1.54. The highest BCUT2D eigenvalue weighted by atomic mass is 32.2. The Balaban J connectivity index is 1.78. The van der Waals surface area contributed by atoms with Crippen LogP contribution in [0.15, 0.2) is 82.6 Å². The van der Waals surface area contributed by atoms with Gasteiger partial charge in [-0.1, -0.05) is 26.0 Å². The van der Waals surface area contributed by atoms with Crippen LogP contribution < -0.4 is 14.9 Å². The summed E-state index contributed by atoms with van der Waals surface area (Å²) in [5, 5.41) is 5.65. The van der Waals surface area contributed by atoms with Crippen molar-refractivity contribution in [2.24, 2.45) is 5.92 Å².